The number of halogens is 1. The van der Waals surface area contributed by atoms with Gasteiger partial charge < -0.3 is 10.4 Å². The minimum Gasteiger partial charge on any atom is -0.388 e. The van der Waals surface area contributed by atoms with Gasteiger partial charge in [-0.15, -0.1) is 0 Å². The van der Waals surface area contributed by atoms with Gasteiger partial charge in [0.15, 0.2) is 5.82 Å². The Hall–Kier alpha value is -1.23. The number of alkyl halides is 1. The zero-order valence-electron chi connectivity index (χ0n) is 7.42. The number of aryl methyl sites for hydroxylation is 1. The molecule has 1 rings (SSSR count). The number of aliphatic hydroxyl groups is 1. The van der Waals surface area contributed by atoms with E-state index < -0.39 is 6.67 Å². The lowest BCUT2D eigenvalue weighted by molar-refractivity contribution is 0.271. The quantitative estimate of drug-likeness (QED) is 0.723. The second-order valence-corrected chi connectivity index (χ2v) is 2.58. The SMILES string of the molecule is Cc1cc(NCCF)nc(CO)n1. The van der Waals surface area contributed by atoms with E-state index in [0.717, 1.165) is 5.69 Å². The Morgan fingerprint density at radius 1 is 1.54 bits per heavy atom. The highest BCUT2D eigenvalue weighted by Crippen LogP contribution is 2.05. The molecule has 0 aromatic carbocycles. The fraction of sp³-hybridized carbons (Fsp3) is 0.500. The summed E-state index contributed by atoms with van der Waals surface area (Å²) >= 11 is 0. The number of nitrogens with zero attached hydrogens (tertiary/aromatic N) is 2. The van der Waals surface area contributed by atoms with Crippen LogP contribution in [-0.4, -0.2) is 28.3 Å². The van der Waals surface area contributed by atoms with Crippen molar-refractivity contribution in [2.75, 3.05) is 18.5 Å². The number of hydrogen-bond donors (Lipinski definition) is 2. The molecule has 1 heterocycles. The fourth-order valence-corrected chi connectivity index (χ4v) is 0.967. The van der Waals surface area contributed by atoms with Gasteiger partial charge in [-0.25, -0.2) is 14.4 Å². The summed E-state index contributed by atoms with van der Waals surface area (Å²) < 4.78 is 11.8. The van der Waals surface area contributed by atoms with Crippen LogP contribution in [0.15, 0.2) is 6.07 Å². The summed E-state index contributed by atoms with van der Waals surface area (Å²) in [6.07, 6.45) is 0. The normalized spacial score (nSPS) is 10.1. The molecule has 13 heavy (non-hydrogen) atoms. The van der Waals surface area contributed by atoms with Crippen molar-refractivity contribution in [3.8, 4) is 0 Å². The Morgan fingerprint density at radius 3 is 2.92 bits per heavy atom. The summed E-state index contributed by atoms with van der Waals surface area (Å²) in [6.45, 7) is 1.37. The smallest absolute Gasteiger partial charge is 0.156 e. The van der Waals surface area contributed by atoms with Crippen molar-refractivity contribution in [2.24, 2.45) is 0 Å². The third kappa shape index (κ3) is 2.95. The van der Waals surface area contributed by atoms with Crippen LogP contribution in [0.4, 0.5) is 10.2 Å². The van der Waals surface area contributed by atoms with Crippen LogP contribution in [0.1, 0.15) is 11.5 Å². The van der Waals surface area contributed by atoms with E-state index >= 15 is 0 Å². The van der Waals surface area contributed by atoms with Crippen LogP contribution in [0.5, 0.6) is 0 Å². The lowest BCUT2D eigenvalue weighted by Gasteiger charge is -2.05. The summed E-state index contributed by atoms with van der Waals surface area (Å²) in [4.78, 5) is 7.92. The van der Waals surface area contributed by atoms with Gasteiger partial charge in [0, 0.05) is 18.3 Å². The van der Waals surface area contributed by atoms with E-state index in [0.29, 0.717) is 11.6 Å². The van der Waals surface area contributed by atoms with Gasteiger partial charge >= 0.3 is 0 Å². The molecular formula is C8H12FN3O. The van der Waals surface area contributed by atoms with Gasteiger partial charge in [-0.05, 0) is 6.92 Å². The molecule has 0 aliphatic heterocycles. The van der Waals surface area contributed by atoms with E-state index in [1.54, 1.807) is 13.0 Å². The molecule has 0 saturated heterocycles. The van der Waals surface area contributed by atoms with Crippen LogP contribution < -0.4 is 5.32 Å². The molecule has 0 unspecified atom stereocenters. The first-order valence-electron chi connectivity index (χ1n) is 4.01. The van der Waals surface area contributed by atoms with E-state index in [1.165, 1.54) is 0 Å². The first-order chi connectivity index (χ1) is 6.26. The number of nitrogens with one attached hydrogen (secondary N) is 1. The maximum atomic E-state index is 11.8. The Balaban J connectivity index is 2.76. The molecule has 0 spiro atoms. The summed E-state index contributed by atoms with van der Waals surface area (Å²) in [5, 5.41) is 11.6. The van der Waals surface area contributed by atoms with Gasteiger partial charge in [-0.1, -0.05) is 0 Å². The Morgan fingerprint density at radius 2 is 2.31 bits per heavy atom. The average Bonchev–Trinajstić information content (AvgIpc) is 2.14. The van der Waals surface area contributed by atoms with Crippen molar-refractivity contribution in [2.45, 2.75) is 13.5 Å². The molecule has 0 radical (unpaired) electrons. The van der Waals surface area contributed by atoms with E-state index in [-0.39, 0.29) is 13.2 Å². The van der Waals surface area contributed by atoms with Gasteiger partial charge in [0.25, 0.3) is 0 Å². The van der Waals surface area contributed by atoms with E-state index in [4.69, 9.17) is 5.11 Å². The first kappa shape index (κ1) is 9.85. The molecule has 0 amide bonds. The molecule has 1 aromatic heterocycles. The molecule has 0 fully saturated rings. The minimum atomic E-state index is -0.447. The highest BCUT2D eigenvalue weighted by molar-refractivity contribution is 5.35. The zero-order chi connectivity index (χ0) is 9.68. The Labute approximate surface area is 75.8 Å². The second kappa shape index (κ2) is 4.71. The van der Waals surface area contributed by atoms with Gasteiger partial charge in [0.1, 0.15) is 19.1 Å². The third-order valence-corrected chi connectivity index (χ3v) is 1.44. The molecule has 0 atom stereocenters. The van der Waals surface area contributed by atoms with Crippen molar-refractivity contribution < 1.29 is 9.50 Å². The predicted molar refractivity (Wildman–Crippen MR) is 47.2 cm³/mol. The second-order valence-electron chi connectivity index (χ2n) is 2.58. The zero-order valence-corrected chi connectivity index (χ0v) is 7.42. The molecule has 5 heteroatoms. The highest BCUT2D eigenvalue weighted by atomic mass is 19.1. The summed E-state index contributed by atoms with van der Waals surface area (Å²) in [5.41, 5.74) is 0.750. The van der Waals surface area contributed by atoms with Crippen molar-refractivity contribution in [3.63, 3.8) is 0 Å². The number of aliphatic hydroxyl groups excluding tert-OH is 1. The molecule has 0 aliphatic carbocycles. The van der Waals surface area contributed by atoms with E-state index in [1.807, 2.05) is 0 Å². The molecule has 2 N–H and O–H groups in total. The predicted octanol–water partition coefficient (Wildman–Crippen LogP) is 0.659. The topological polar surface area (TPSA) is 58.0 Å². The minimum absolute atomic E-state index is 0.202. The summed E-state index contributed by atoms with van der Waals surface area (Å²) in [6, 6.07) is 1.70. The first-order valence-corrected chi connectivity index (χ1v) is 4.01. The summed E-state index contributed by atoms with van der Waals surface area (Å²) in [5.74, 6) is 0.899. The van der Waals surface area contributed by atoms with E-state index in [9.17, 15) is 4.39 Å². The van der Waals surface area contributed by atoms with Crippen LogP contribution in [0.25, 0.3) is 0 Å². The van der Waals surface area contributed by atoms with Crippen molar-refractivity contribution in [3.05, 3.63) is 17.6 Å². The van der Waals surface area contributed by atoms with Gasteiger partial charge in [-0.3, -0.25) is 0 Å². The standard InChI is InChI=1S/C8H12FN3O/c1-6-4-7(10-3-2-9)12-8(5-13)11-6/h4,13H,2-3,5H2,1H3,(H,10,11,12). The largest absolute Gasteiger partial charge is 0.388 e. The third-order valence-electron chi connectivity index (χ3n) is 1.44. The molecule has 0 aliphatic rings. The molecular weight excluding hydrogens is 173 g/mol. The maximum Gasteiger partial charge on any atom is 0.156 e. The lowest BCUT2D eigenvalue weighted by atomic mass is 10.4. The van der Waals surface area contributed by atoms with Gasteiger partial charge in [0.2, 0.25) is 0 Å². The Kier molecular flexibility index (Phi) is 3.57. The van der Waals surface area contributed by atoms with Crippen LogP contribution in [-0.2, 0) is 6.61 Å². The Bertz CT molecular complexity index is 280. The van der Waals surface area contributed by atoms with Gasteiger partial charge in [0.05, 0.1) is 0 Å². The molecule has 0 bridgehead atoms. The van der Waals surface area contributed by atoms with E-state index in [2.05, 4.69) is 15.3 Å². The van der Waals surface area contributed by atoms with Crippen LogP contribution >= 0.6 is 0 Å². The molecule has 4 nitrogen and oxygen atoms in total. The van der Waals surface area contributed by atoms with Crippen molar-refractivity contribution in [1.82, 2.24) is 9.97 Å². The average molecular weight is 185 g/mol. The maximum absolute atomic E-state index is 11.8. The number of aromatic nitrogens is 2. The van der Waals surface area contributed by atoms with Crippen molar-refractivity contribution in [1.29, 1.82) is 0 Å². The van der Waals surface area contributed by atoms with Crippen LogP contribution in [0.3, 0.4) is 0 Å². The molecule has 72 valence electrons. The highest BCUT2D eigenvalue weighted by Gasteiger charge is 1.99. The number of anilines is 1. The van der Waals surface area contributed by atoms with Crippen molar-refractivity contribution >= 4 is 5.82 Å². The lowest BCUT2D eigenvalue weighted by Crippen LogP contribution is -2.07. The molecule has 0 saturated carbocycles. The summed E-state index contributed by atoms with van der Waals surface area (Å²) in [7, 11) is 0. The van der Waals surface area contributed by atoms with Crippen LogP contribution in [0.2, 0.25) is 0 Å². The number of rotatable bonds is 4. The molecule has 1 aromatic rings. The fourth-order valence-electron chi connectivity index (χ4n) is 0.967. The van der Waals surface area contributed by atoms with Crippen LogP contribution in [0, 0.1) is 6.92 Å². The number of hydrogen-bond acceptors (Lipinski definition) is 4. The van der Waals surface area contributed by atoms with Gasteiger partial charge in [-0.2, -0.15) is 0 Å². The monoisotopic (exact) mass is 185 g/mol.